The average molecular weight is 383 g/mol. The van der Waals surface area contributed by atoms with Crippen molar-refractivity contribution < 1.29 is 9.18 Å². The number of rotatable bonds is 5. The van der Waals surface area contributed by atoms with Gasteiger partial charge in [0.05, 0.1) is 5.75 Å². The molecule has 0 bridgehead atoms. The summed E-state index contributed by atoms with van der Waals surface area (Å²) in [5, 5.41) is 1.16. The Balaban J connectivity index is 1.52. The van der Waals surface area contributed by atoms with Crippen LogP contribution in [0.1, 0.15) is 24.8 Å². The molecular weight excluding hydrogens is 359 g/mol. The molecule has 0 N–H and O–H groups in total. The van der Waals surface area contributed by atoms with E-state index in [0.29, 0.717) is 12.3 Å². The van der Waals surface area contributed by atoms with Gasteiger partial charge in [0.15, 0.2) is 0 Å². The quantitative estimate of drug-likeness (QED) is 0.585. The summed E-state index contributed by atoms with van der Waals surface area (Å²) < 4.78 is 15.3. The van der Waals surface area contributed by atoms with Gasteiger partial charge in [-0.15, -0.1) is 11.8 Å². The second kappa shape index (κ2) is 8.17. The highest BCUT2D eigenvalue weighted by molar-refractivity contribution is 8.00. The number of hydrogen-bond acceptors (Lipinski definition) is 2. The minimum atomic E-state index is -0.219. The van der Waals surface area contributed by atoms with E-state index in [4.69, 9.17) is 0 Å². The fourth-order valence-corrected chi connectivity index (χ4v) is 4.61. The van der Waals surface area contributed by atoms with E-state index in [1.165, 1.54) is 18.6 Å². The molecule has 3 nitrogen and oxygen atoms in total. The topological polar surface area (TPSA) is 25.2 Å². The van der Waals surface area contributed by atoms with Gasteiger partial charge < -0.3 is 9.47 Å². The van der Waals surface area contributed by atoms with E-state index in [0.717, 1.165) is 47.3 Å². The Kier molecular flexibility index (Phi) is 5.48. The van der Waals surface area contributed by atoms with Crippen molar-refractivity contribution in [2.24, 2.45) is 0 Å². The molecule has 1 aromatic heterocycles. The van der Waals surface area contributed by atoms with Crippen molar-refractivity contribution in [1.82, 2.24) is 9.47 Å². The molecule has 4 rings (SSSR count). The molecule has 1 fully saturated rings. The Labute approximate surface area is 163 Å². The van der Waals surface area contributed by atoms with E-state index in [2.05, 4.69) is 22.9 Å². The number of benzene rings is 2. The normalized spacial score (nSPS) is 14.6. The lowest BCUT2D eigenvalue weighted by Gasteiger charge is -2.26. The van der Waals surface area contributed by atoms with Crippen LogP contribution in [-0.2, 0) is 11.3 Å². The van der Waals surface area contributed by atoms with Crippen LogP contribution in [0.15, 0.2) is 59.6 Å². The number of carbonyl (C=O) groups excluding carboxylic acids is 1. The zero-order valence-electron chi connectivity index (χ0n) is 15.2. The lowest BCUT2D eigenvalue weighted by molar-refractivity contribution is -0.129. The Morgan fingerprint density at radius 3 is 2.52 bits per heavy atom. The molecule has 0 unspecified atom stereocenters. The first-order chi connectivity index (χ1) is 13.2. The molecular formula is C22H23FN2OS. The molecule has 2 aromatic carbocycles. The number of fused-ring (bicyclic) bond motifs is 1. The highest BCUT2D eigenvalue weighted by atomic mass is 32.2. The van der Waals surface area contributed by atoms with Crippen LogP contribution in [0.2, 0.25) is 0 Å². The van der Waals surface area contributed by atoms with E-state index in [1.807, 2.05) is 29.2 Å². The highest BCUT2D eigenvalue weighted by Crippen LogP contribution is 2.31. The second-order valence-electron chi connectivity index (χ2n) is 6.99. The van der Waals surface area contributed by atoms with Crippen molar-refractivity contribution in [2.75, 3.05) is 18.8 Å². The van der Waals surface area contributed by atoms with E-state index >= 15 is 0 Å². The molecule has 0 saturated carbocycles. The van der Waals surface area contributed by atoms with E-state index < -0.39 is 0 Å². The van der Waals surface area contributed by atoms with Crippen LogP contribution in [0.4, 0.5) is 4.39 Å². The Hall–Kier alpha value is -2.27. The van der Waals surface area contributed by atoms with Gasteiger partial charge in [0.2, 0.25) is 5.91 Å². The minimum Gasteiger partial charge on any atom is -0.342 e. The first-order valence-corrected chi connectivity index (χ1v) is 10.4. The predicted octanol–water partition coefficient (Wildman–Crippen LogP) is 4.93. The van der Waals surface area contributed by atoms with E-state index in [-0.39, 0.29) is 11.7 Å². The third-order valence-electron chi connectivity index (χ3n) is 5.08. The Morgan fingerprint density at radius 1 is 1.00 bits per heavy atom. The molecule has 2 heterocycles. The maximum absolute atomic E-state index is 13.2. The van der Waals surface area contributed by atoms with E-state index in [1.54, 1.807) is 11.8 Å². The SMILES string of the molecule is O=C(CSc1cn(Cc2ccc(F)cc2)c2ccccc12)N1CCCCC1. The van der Waals surface area contributed by atoms with Crippen LogP contribution in [0.25, 0.3) is 10.9 Å². The molecule has 0 aliphatic carbocycles. The van der Waals surface area contributed by atoms with Gasteiger partial charge in [-0.25, -0.2) is 4.39 Å². The van der Waals surface area contributed by atoms with Crippen molar-refractivity contribution in [3.8, 4) is 0 Å². The number of halogens is 1. The van der Waals surface area contributed by atoms with Gasteiger partial charge >= 0.3 is 0 Å². The fourth-order valence-electron chi connectivity index (χ4n) is 3.62. The molecule has 1 aliphatic rings. The van der Waals surface area contributed by atoms with Crippen molar-refractivity contribution in [1.29, 1.82) is 0 Å². The zero-order valence-corrected chi connectivity index (χ0v) is 16.1. The predicted molar refractivity (Wildman–Crippen MR) is 109 cm³/mol. The molecule has 1 amide bonds. The standard InChI is InChI=1S/C22H23FN2OS/c23-18-10-8-17(9-11-18)14-25-15-21(19-6-2-3-7-20(19)25)27-16-22(26)24-12-4-1-5-13-24/h2-3,6-11,15H,1,4-5,12-14,16H2. The number of hydrogen-bond donors (Lipinski definition) is 0. The number of likely N-dealkylation sites (tertiary alicyclic amines) is 1. The summed E-state index contributed by atoms with van der Waals surface area (Å²) in [5.74, 6) is 0.489. The molecule has 1 aliphatic heterocycles. The molecule has 1 saturated heterocycles. The number of carbonyl (C=O) groups is 1. The highest BCUT2D eigenvalue weighted by Gasteiger charge is 2.17. The Bertz CT molecular complexity index is 929. The summed E-state index contributed by atoms with van der Waals surface area (Å²) >= 11 is 1.61. The smallest absolute Gasteiger partial charge is 0.232 e. The van der Waals surface area contributed by atoms with Crippen LogP contribution >= 0.6 is 11.8 Å². The van der Waals surface area contributed by atoms with Crippen LogP contribution in [0.5, 0.6) is 0 Å². The van der Waals surface area contributed by atoms with Gasteiger partial charge in [-0.1, -0.05) is 30.3 Å². The fraction of sp³-hybridized carbons (Fsp3) is 0.318. The van der Waals surface area contributed by atoms with Crippen molar-refractivity contribution in [3.63, 3.8) is 0 Å². The lowest BCUT2D eigenvalue weighted by atomic mass is 10.1. The third-order valence-corrected chi connectivity index (χ3v) is 6.11. The summed E-state index contributed by atoms with van der Waals surface area (Å²) in [6.07, 6.45) is 5.58. The van der Waals surface area contributed by atoms with E-state index in [9.17, 15) is 9.18 Å². The van der Waals surface area contributed by atoms with Gasteiger partial charge in [-0.2, -0.15) is 0 Å². The van der Waals surface area contributed by atoms with Gasteiger partial charge in [-0.3, -0.25) is 4.79 Å². The summed E-state index contributed by atoms with van der Waals surface area (Å²) in [5.41, 5.74) is 2.19. The maximum atomic E-state index is 13.2. The molecule has 27 heavy (non-hydrogen) atoms. The molecule has 3 aromatic rings. The first-order valence-electron chi connectivity index (χ1n) is 9.43. The minimum absolute atomic E-state index is 0.219. The molecule has 0 spiro atoms. The second-order valence-corrected chi connectivity index (χ2v) is 8.01. The molecule has 0 radical (unpaired) electrons. The zero-order chi connectivity index (χ0) is 18.6. The number of thioether (sulfide) groups is 1. The van der Waals surface area contributed by atoms with Gasteiger partial charge in [-0.05, 0) is 43.0 Å². The first kappa shape index (κ1) is 18.1. The van der Waals surface area contributed by atoms with Gasteiger partial charge in [0.25, 0.3) is 0 Å². The largest absolute Gasteiger partial charge is 0.342 e. The van der Waals surface area contributed by atoms with Crippen LogP contribution < -0.4 is 0 Å². The van der Waals surface area contributed by atoms with Crippen LogP contribution in [-0.4, -0.2) is 34.2 Å². The number of piperidine rings is 1. The van der Waals surface area contributed by atoms with Crippen molar-refractivity contribution in [2.45, 2.75) is 30.7 Å². The lowest BCUT2D eigenvalue weighted by Crippen LogP contribution is -2.36. The van der Waals surface area contributed by atoms with Crippen molar-refractivity contribution in [3.05, 3.63) is 66.1 Å². The summed E-state index contributed by atoms with van der Waals surface area (Å²) in [6, 6.07) is 14.9. The molecule has 0 atom stereocenters. The van der Waals surface area contributed by atoms with Gasteiger partial charge in [0, 0.05) is 41.6 Å². The summed E-state index contributed by atoms with van der Waals surface area (Å²) in [7, 11) is 0. The molecule has 5 heteroatoms. The van der Waals surface area contributed by atoms with Crippen molar-refractivity contribution >= 4 is 28.6 Å². The van der Waals surface area contributed by atoms with Crippen LogP contribution in [0.3, 0.4) is 0 Å². The number of para-hydroxylation sites is 1. The molecule has 140 valence electrons. The number of aromatic nitrogens is 1. The number of nitrogens with zero attached hydrogens (tertiary/aromatic N) is 2. The third kappa shape index (κ3) is 4.19. The Morgan fingerprint density at radius 2 is 1.74 bits per heavy atom. The van der Waals surface area contributed by atoms with Gasteiger partial charge in [0.1, 0.15) is 5.82 Å². The number of amides is 1. The average Bonchev–Trinajstić information content (AvgIpc) is 3.06. The monoisotopic (exact) mass is 382 g/mol. The summed E-state index contributed by atoms with van der Waals surface area (Å²) in [6.45, 7) is 2.47. The maximum Gasteiger partial charge on any atom is 0.232 e. The summed E-state index contributed by atoms with van der Waals surface area (Å²) in [4.78, 5) is 15.6. The van der Waals surface area contributed by atoms with Crippen LogP contribution in [0, 0.1) is 5.82 Å².